The maximum Gasteiger partial charge on any atom is 0.332 e. The van der Waals surface area contributed by atoms with Crippen LogP contribution < -0.4 is 15.0 Å². The highest BCUT2D eigenvalue weighted by atomic mass is 16.5. The highest BCUT2D eigenvalue weighted by Gasteiger charge is 2.59. The number of fused-ring (bicyclic) bond motifs is 5. The Bertz CT molecular complexity index is 1590. The molecule has 0 saturated carbocycles. The molecule has 4 aromatic rings. The van der Waals surface area contributed by atoms with E-state index in [2.05, 4.69) is 10.3 Å². The Hall–Kier alpha value is -4.59. The number of aromatic nitrogens is 1. The number of carbonyl (C=O) groups is 3. The molecular formula is C29H26N4O4. The van der Waals surface area contributed by atoms with Crippen molar-refractivity contribution in [2.75, 3.05) is 23.9 Å². The summed E-state index contributed by atoms with van der Waals surface area (Å²) in [6.07, 6.45) is 0.628. The van der Waals surface area contributed by atoms with Crippen LogP contribution in [0.1, 0.15) is 34.1 Å². The quantitative estimate of drug-likeness (QED) is 0.392. The molecule has 1 atom stereocenters. The molecule has 0 unspecified atom stereocenters. The van der Waals surface area contributed by atoms with E-state index in [1.165, 1.54) is 4.90 Å². The molecule has 0 radical (unpaired) electrons. The zero-order chi connectivity index (χ0) is 25.9. The Morgan fingerprint density at radius 1 is 1.05 bits per heavy atom. The van der Waals surface area contributed by atoms with Gasteiger partial charge in [0, 0.05) is 28.7 Å². The van der Waals surface area contributed by atoms with Crippen LogP contribution in [-0.2, 0) is 16.8 Å². The third-order valence-electron chi connectivity index (χ3n) is 7.43. The number of imide groups is 1. The molecule has 3 heterocycles. The number of ether oxygens (including phenoxy) is 1. The molecule has 2 aliphatic rings. The Kier molecular flexibility index (Phi) is 5.08. The summed E-state index contributed by atoms with van der Waals surface area (Å²) in [5.41, 5.74) is 4.11. The number of urea groups is 1. The van der Waals surface area contributed by atoms with E-state index in [0.717, 1.165) is 33.5 Å². The van der Waals surface area contributed by atoms with Crippen LogP contribution in [0.15, 0.2) is 66.7 Å². The van der Waals surface area contributed by atoms with Crippen molar-refractivity contribution in [2.24, 2.45) is 0 Å². The second-order valence-electron chi connectivity index (χ2n) is 9.66. The van der Waals surface area contributed by atoms with E-state index >= 15 is 0 Å². The standard InChI is InChI=1S/C29H26N4O4/c1-17-5-4-6-19(15-17)30-26(34)18-7-9-20(10-8-18)33-27(35)29(2)25-22(13-14-32(29)28(33)36)23-16-21(37-3)11-12-24(23)31-25/h4-12,15-16,31H,13-14H2,1-3H3,(H,30,34)/t29-/m0/s1. The van der Waals surface area contributed by atoms with Gasteiger partial charge in [-0.2, -0.15) is 0 Å². The van der Waals surface area contributed by atoms with Gasteiger partial charge in [-0.3, -0.25) is 9.59 Å². The minimum absolute atomic E-state index is 0.265. The zero-order valence-electron chi connectivity index (χ0n) is 20.8. The zero-order valence-corrected chi connectivity index (χ0v) is 20.8. The molecule has 6 rings (SSSR count). The van der Waals surface area contributed by atoms with Crippen molar-refractivity contribution >= 4 is 40.1 Å². The first-order valence-corrected chi connectivity index (χ1v) is 12.1. The van der Waals surface area contributed by atoms with Gasteiger partial charge in [0.1, 0.15) is 5.75 Å². The number of methoxy groups -OCH3 is 1. The lowest BCUT2D eigenvalue weighted by atomic mass is 9.87. The summed E-state index contributed by atoms with van der Waals surface area (Å²) in [6.45, 7) is 4.17. The summed E-state index contributed by atoms with van der Waals surface area (Å²) in [4.78, 5) is 46.3. The number of hydrogen-bond acceptors (Lipinski definition) is 4. The van der Waals surface area contributed by atoms with Gasteiger partial charge in [0.15, 0.2) is 5.54 Å². The monoisotopic (exact) mass is 494 g/mol. The summed E-state index contributed by atoms with van der Waals surface area (Å²) >= 11 is 0. The second-order valence-corrected chi connectivity index (χ2v) is 9.66. The van der Waals surface area contributed by atoms with Gasteiger partial charge in [-0.1, -0.05) is 12.1 Å². The van der Waals surface area contributed by atoms with Crippen LogP contribution in [0.5, 0.6) is 5.75 Å². The molecule has 8 nitrogen and oxygen atoms in total. The third-order valence-corrected chi connectivity index (χ3v) is 7.43. The van der Waals surface area contributed by atoms with Crippen LogP contribution in [0.3, 0.4) is 0 Å². The molecule has 0 aliphatic carbocycles. The van der Waals surface area contributed by atoms with Gasteiger partial charge in [0.25, 0.3) is 11.8 Å². The number of benzene rings is 3. The van der Waals surface area contributed by atoms with Crippen LogP contribution >= 0.6 is 0 Å². The maximum atomic E-state index is 13.9. The van der Waals surface area contributed by atoms with Gasteiger partial charge in [0.05, 0.1) is 18.5 Å². The molecule has 2 aliphatic heterocycles. The number of H-pyrrole nitrogens is 1. The maximum absolute atomic E-state index is 13.9. The molecule has 0 spiro atoms. The highest BCUT2D eigenvalue weighted by Crippen LogP contribution is 2.45. The Balaban J connectivity index is 1.31. The number of aryl methyl sites for hydroxylation is 1. The van der Waals surface area contributed by atoms with Crippen LogP contribution in [-0.4, -0.2) is 41.4 Å². The van der Waals surface area contributed by atoms with Crippen LogP contribution in [0.4, 0.5) is 16.2 Å². The SMILES string of the molecule is COc1ccc2[nH]c3c(c2c1)CCN1C(=O)N(c2ccc(C(=O)Nc4cccc(C)c4)cc2)C(=O)[C@]31C. The molecule has 8 heteroatoms. The van der Waals surface area contributed by atoms with Gasteiger partial charge in [-0.05, 0) is 86.0 Å². The molecule has 0 bridgehead atoms. The van der Waals surface area contributed by atoms with Crippen LogP contribution in [0.25, 0.3) is 10.9 Å². The Morgan fingerprint density at radius 3 is 2.57 bits per heavy atom. The van der Waals surface area contributed by atoms with Crippen molar-refractivity contribution in [3.63, 3.8) is 0 Å². The molecule has 2 N–H and O–H groups in total. The summed E-state index contributed by atoms with van der Waals surface area (Å²) in [7, 11) is 1.62. The Labute approximate surface area is 213 Å². The van der Waals surface area contributed by atoms with Gasteiger partial charge in [-0.15, -0.1) is 0 Å². The van der Waals surface area contributed by atoms with Crippen molar-refractivity contribution in [2.45, 2.75) is 25.8 Å². The van der Waals surface area contributed by atoms with E-state index in [1.54, 1.807) is 43.2 Å². The van der Waals surface area contributed by atoms with Crippen molar-refractivity contribution in [3.05, 3.63) is 89.1 Å². The van der Waals surface area contributed by atoms with E-state index in [9.17, 15) is 14.4 Å². The molecule has 3 aromatic carbocycles. The fourth-order valence-corrected chi connectivity index (χ4v) is 5.46. The minimum Gasteiger partial charge on any atom is -0.497 e. The van der Waals surface area contributed by atoms with Crippen LogP contribution in [0, 0.1) is 6.92 Å². The van der Waals surface area contributed by atoms with Gasteiger partial charge < -0.3 is 19.9 Å². The van der Waals surface area contributed by atoms with Gasteiger partial charge >= 0.3 is 6.03 Å². The summed E-state index contributed by atoms with van der Waals surface area (Å²) in [5.74, 6) is 0.150. The summed E-state index contributed by atoms with van der Waals surface area (Å²) < 4.78 is 5.39. The molecular weight excluding hydrogens is 468 g/mol. The van der Waals surface area contributed by atoms with Crippen molar-refractivity contribution in [1.82, 2.24) is 9.88 Å². The van der Waals surface area contributed by atoms with E-state index in [1.807, 2.05) is 49.4 Å². The fourth-order valence-electron chi connectivity index (χ4n) is 5.46. The summed E-state index contributed by atoms with van der Waals surface area (Å²) in [5, 5.41) is 3.87. The predicted octanol–water partition coefficient (Wildman–Crippen LogP) is 4.98. The molecule has 1 fully saturated rings. The van der Waals surface area contributed by atoms with Crippen molar-refractivity contribution in [1.29, 1.82) is 0 Å². The number of rotatable bonds is 4. The molecule has 4 amide bonds. The third kappa shape index (κ3) is 3.40. The van der Waals surface area contributed by atoms with E-state index in [4.69, 9.17) is 4.74 Å². The normalized spacial score (nSPS) is 18.7. The number of nitrogens with zero attached hydrogens (tertiary/aromatic N) is 2. The smallest absolute Gasteiger partial charge is 0.332 e. The lowest BCUT2D eigenvalue weighted by Crippen LogP contribution is -2.49. The average Bonchev–Trinajstić information content (AvgIpc) is 3.36. The number of nitrogens with one attached hydrogen (secondary N) is 2. The fraction of sp³-hybridized carbons (Fsp3) is 0.207. The first-order valence-electron chi connectivity index (χ1n) is 12.1. The van der Waals surface area contributed by atoms with E-state index in [0.29, 0.717) is 29.9 Å². The van der Waals surface area contributed by atoms with Crippen molar-refractivity contribution < 1.29 is 19.1 Å². The number of anilines is 2. The van der Waals surface area contributed by atoms with Gasteiger partial charge in [0.2, 0.25) is 0 Å². The first-order chi connectivity index (χ1) is 17.8. The number of aromatic amines is 1. The molecule has 186 valence electrons. The van der Waals surface area contributed by atoms with Gasteiger partial charge in [-0.25, -0.2) is 9.69 Å². The lowest BCUT2D eigenvalue weighted by molar-refractivity contribution is -0.125. The molecule has 1 saturated heterocycles. The second kappa shape index (κ2) is 8.23. The Morgan fingerprint density at radius 2 is 1.84 bits per heavy atom. The lowest BCUT2D eigenvalue weighted by Gasteiger charge is -2.35. The number of amides is 4. The molecule has 37 heavy (non-hydrogen) atoms. The van der Waals surface area contributed by atoms with Crippen LogP contribution in [0.2, 0.25) is 0 Å². The van der Waals surface area contributed by atoms with Crippen molar-refractivity contribution in [3.8, 4) is 5.75 Å². The van der Waals surface area contributed by atoms with E-state index < -0.39 is 5.54 Å². The molecule has 1 aromatic heterocycles. The largest absolute Gasteiger partial charge is 0.497 e. The number of carbonyl (C=O) groups excluding carboxylic acids is 3. The predicted molar refractivity (Wildman–Crippen MR) is 141 cm³/mol. The topological polar surface area (TPSA) is 94.7 Å². The van der Waals surface area contributed by atoms with E-state index in [-0.39, 0.29) is 17.8 Å². The first kappa shape index (κ1) is 22.8. The highest BCUT2D eigenvalue weighted by molar-refractivity contribution is 6.23. The minimum atomic E-state index is -1.15. The summed E-state index contributed by atoms with van der Waals surface area (Å²) in [6, 6.07) is 19.5. The number of hydrogen-bond donors (Lipinski definition) is 2. The average molecular weight is 495 g/mol.